The predicted octanol–water partition coefficient (Wildman–Crippen LogP) is 13.6. The molecule has 0 radical (unpaired) electrons. The number of phosphoric ester groups is 1. The van der Waals surface area contributed by atoms with Crippen molar-refractivity contribution in [3.63, 3.8) is 0 Å². The lowest BCUT2D eigenvalue weighted by Gasteiger charge is -2.26. The molecule has 0 aromatic carbocycles. The molecule has 0 saturated carbocycles. The van der Waals surface area contributed by atoms with Gasteiger partial charge in [0.2, 0.25) is 0 Å². The van der Waals surface area contributed by atoms with Crippen LogP contribution in [0.5, 0.6) is 0 Å². The molecule has 0 spiro atoms. The first-order valence-electron chi connectivity index (χ1n) is 35.5. The first-order chi connectivity index (χ1) is 46.0. The van der Waals surface area contributed by atoms with E-state index in [0.717, 1.165) is 64.2 Å². The Balaban J connectivity index is 7.19. The van der Waals surface area contributed by atoms with E-state index < -0.39 is 174 Å². The molecule has 0 aliphatic rings. The summed E-state index contributed by atoms with van der Waals surface area (Å²) in [4.78, 5) is 129. The summed E-state index contributed by atoms with van der Waals surface area (Å²) in [6.07, 6.45) is 13.4. The van der Waals surface area contributed by atoms with Gasteiger partial charge in [-0.05, 0) is 95.9 Å². The number of hydrogen-bond acceptors (Lipinski definition) is 24. The quantitative estimate of drug-likeness (QED) is 0.0190. The number of amides is 4. The van der Waals surface area contributed by atoms with Gasteiger partial charge in [-0.25, -0.2) is 23.7 Å². The maximum atomic E-state index is 15.2. The molecule has 98 heavy (non-hydrogen) atoms. The lowest BCUT2D eigenvalue weighted by Crippen LogP contribution is -2.36. The largest absolute Gasteiger partial charge is 0.475 e. The maximum absolute atomic E-state index is 15.2. The molecular formula is C69H125N4O24P. The number of carbonyl (C=O) groups excluding carboxylic acids is 10. The molecule has 0 aliphatic carbocycles. The molecule has 0 aromatic heterocycles. The minimum atomic E-state index is -5.21. The van der Waals surface area contributed by atoms with Crippen molar-refractivity contribution in [1.29, 1.82) is 0 Å². The summed E-state index contributed by atoms with van der Waals surface area (Å²) < 4.78 is 87.1. The Morgan fingerprint density at radius 3 is 0.735 bits per heavy atom. The van der Waals surface area contributed by atoms with Gasteiger partial charge in [0, 0.05) is 39.0 Å². The third-order valence-corrected chi connectivity index (χ3v) is 14.8. The first-order valence-corrected chi connectivity index (χ1v) is 36.9. The summed E-state index contributed by atoms with van der Waals surface area (Å²) >= 11 is 0. The van der Waals surface area contributed by atoms with Crippen molar-refractivity contribution < 1.29 is 113 Å². The number of unbranched alkanes of at least 4 members (excludes halogenated alkanes) is 20. The minimum Gasteiger partial charge on any atom is -0.462 e. The standard InChI is InChI=1S/C69H125N4O24P/c1-15-17-19-21-23-25-27-29-31-33-35-37-56(74)85-47-53(91-59(77)38-36-34-32-30-28-26-24-22-20-18-16-2)50-88-98(84,89-51-54(92-60(78)41-45-72-64(82)96-68(9,10)11)48-86-57(75)39-43-70-62(80)94-66(3,4)5)90-52-55(93-61(79)42-46-73-65(83)97-69(12,13)14)49-87-58(76)40-44-71-63(81)95-67(6,7)8/h53-55H,15-52H2,1-14H3,(H,70,80)(H,71,81)(H,72,82)(H,73,83)/t53-,54?,55?,98?/m1/s1. The normalized spacial score (nSPS) is 13.2. The molecule has 2 unspecified atom stereocenters. The van der Waals surface area contributed by atoms with Gasteiger partial charge < -0.3 is 68.6 Å². The van der Waals surface area contributed by atoms with Gasteiger partial charge in [0.1, 0.15) is 42.2 Å². The third kappa shape index (κ3) is 60.0. The first kappa shape index (κ1) is 92.0. The van der Waals surface area contributed by atoms with Gasteiger partial charge in [-0.1, -0.05) is 142 Å². The van der Waals surface area contributed by atoms with Crippen LogP contribution in [0.15, 0.2) is 0 Å². The van der Waals surface area contributed by atoms with E-state index in [4.69, 9.17) is 60.9 Å². The van der Waals surface area contributed by atoms with E-state index in [-0.39, 0.29) is 39.0 Å². The molecule has 4 N–H and O–H groups in total. The number of alkyl carbamates (subject to hydrolysis) is 4. The van der Waals surface area contributed by atoms with Crippen LogP contribution in [0.1, 0.15) is 277 Å². The van der Waals surface area contributed by atoms with E-state index in [9.17, 15) is 47.9 Å². The van der Waals surface area contributed by atoms with Gasteiger partial charge >= 0.3 is 68.0 Å². The van der Waals surface area contributed by atoms with Crippen molar-refractivity contribution in [1.82, 2.24) is 21.3 Å². The lowest BCUT2D eigenvalue weighted by atomic mass is 10.1. The van der Waals surface area contributed by atoms with Crippen LogP contribution in [-0.4, -0.2) is 167 Å². The van der Waals surface area contributed by atoms with Crippen LogP contribution in [0.2, 0.25) is 0 Å². The van der Waals surface area contributed by atoms with E-state index in [0.29, 0.717) is 12.8 Å². The molecule has 0 rings (SSSR count). The van der Waals surface area contributed by atoms with Crippen LogP contribution < -0.4 is 21.3 Å². The molecule has 0 bridgehead atoms. The van der Waals surface area contributed by atoms with Crippen molar-refractivity contribution in [2.45, 2.75) is 317 Å². The summed E-state index contributed by atoms with van der Waals surface area (Å²) in [6.45, 7) is 18.3. The Bertz CT molecular complexity index is 2220. The van der Waals surface area contributed by atoms with Crippen LogP contribution in [0.25, 0.3) is 0 Å². The van der Waals surface area contributed by atoms with E-state index in [1.807, 2.05) is 0 Å². The SMILES string of the molecule is CCCCCCCCCCCCCC(=O)OC[C@H](COP(=O)(OCC(COC(=O)CCNC(=O)OC(C)(C)C)OC(=O)CCNC(=O)OC(C)(C)C)OCC(COC(=O)CCNC(=O)OC(C)(C)C)OC(=O)CCNC(=O)OC(C)(C)C)OC(=O)CCCCCCCCCCCCC. The van der Waals surface area contributed by atoms with Gasteiger partial charge in [-0.2, -0.15) is 0 Å². The van der Waals surface area contributed by atoms with E-state index in [1.54, 1.807) is 83.1 Å². The number of nitrogens with one attached hydrogen (secondary N) is 4. The molecule has 28 nitrogen and oxygen atoms in total. The molecule has 3 atom stereocenters. The van der Waals surface area contributed by atoms with E-state index in [1.165, 1.54) is 64.2 Å². The predicted molar refractivity (Wildman–Crippen MR) is 366 cm³/mol. The molecule has 0 fully saturated rings. The van der Waals surface area contributed by atoms with Gasteiger partial charge in [0.05, 0.1) is 45.5 Å². The van der Waals surface area contributed by atoms with Gasteiger partial charge in [-0.3, -0.25) is 42.3 Å². The Kier molecular flexibility index (Phi) is 49.7. The van der Waals surface area contributed by atoms with Gasteiger partial charge in [0.25, 0.3) is 0 Å². The van der Waals surface area contributed by atoms with E-state index >= 15 is 4.57 Å². The second kappa shape index (κ2) is 52.9. The summed E-state index contributed by atoms with van der Waals surface area (Å²) in [5.74, 6) is -5.04. The molecule has 0 heterocycles. The average Bonchev–Trinajstić information content (AvgIpc) is 0.889. The second-order valence-electron chi connectivity index (χ2n) is 28.0. The topological polar surface area (TPSA) is 356 Å². The summed E-state index contributed by atoms with van der Waals surface area (Å²) in [7, 11) is -5.21. The second-order valence-corrected chi connectivity index (χ2v) is 29.7. The monoisotopic (exact) mass is 1420 g/mol. The highest BCUT2D eigenvalue weighted by Crippen LogP contribution is 2.50. The van der Waals surface area contributed by atoms with Crippen LogP contribution in [0, 0.1) is 0 Å². The Morgan fingerprint density at radius 2 is 0.490 bits per heavy atom. The number of ether oxygens (including phenoxy) is 10. The van der Waals surface area contributed by atoms with Crippen LogP contribution in [0.4, 0.5) is 19.2 Å². The maximum Gasteiger partial charge on any atom is 0.475 e. The number of hydrogen-bond donors (Lipinski definition) is 4. The van der Waals surface area contributed by atoms with Gasteiger partial charge in [-0.15, -0.1) is 0 Å². The molecule has 0 saturated heterocycles. The third-order valence-electron chi connectivity index (χ3n) is 13.4. The average molecular weight is 1430 g/mol. The zero-order chi connectivity index (χ0) is 73.9. The molecular weight excluding hydrogens is 1300 g/mol. The zero-order valence-electron chi connectivity index (χ0n) is 61.8. The number of phosphoric acid groups is 1. The highest BCUT2D eigenvalue weighted by Gasteiger charge is 2.35. The molecule has 0 aromatic rings. The van der Waals surface area contributed by atoms with Crippen LogP contribution >= 0.6 is 7.82 Å². The summed E-state index contributed by atoms with van der Waals surface area (Å²) in [5.41, 5.74) is -3.40. The Labute approximate surface area is 583 Å². The van der Waals surface area contributed by atoms with Crippen molar-refractivity contribution >= 4 is 68.0 Å². The Morgan fingerprint density at radius 1 is 0.286 bits per heavy atom. The fourth-order valence-corrected chi connectivity index (χ4v) is 9.95. The highest BCUT2D eigenvalue weighted by atomic mass is 31.2. The summed E-state index contributed by atoms with van der Waals surface area (Å²) in [6, 6.07) is 0. The minimum absolute atomic E-state index is 0.0167. The number of esters is 6. The molecule has 29 heteroatoms. The van der Waals surface area contributed by atoms with Crippen molar-refractivity contribution in [3.8, 4) is 0 Å². The summed E-state index contributed by atoms with van der Waals surface area (Å²) in [5, 5.41) is 9.71. The Hall–Kier alpha value is -5.99. The smallest absolute Gasteiger partial charge is 0.462 e. The van der Waals surface area contributed by atoms with E-state index in [2.05, 4.69) is 35.1 Å². The van der Waals surface area contributed by atoms with Crippen molar-refractivity contribution in [2.75, 3.05) is 65.8 Å². The number of rotatable bonds is 54. The lowest BCUT2D eigenvalue weighted by molar-refractivity contribution is -0.163. The molecule has 570 valence electrons. The fourth-order valence-electron chi connectivity index (χ4n) is 8.68. The fraction of sp³-hybridized carbons (Fsp3) is 0.855. The molecule has 0 aliphatic heterocycles. The van der Waals surface area contributed by atoms with Crippen LogP contribution in [-0.2, 0) is 94.3 Å². The number of carbonyl (C=O) groups is 10. The molecule has 4 amide bonds. The highest BCUT2D eigenvalue weighted by molar-refractivity contribution is 7.48. The van der Waals surface area contributed by atoms with Crippen molar-refractivity contribution in [3.05, 3.63) is 0 Å². The zero-order valence-corrected chi connectivity index (χ0v) is 62.7. The van der Waals surface area contributed by atoms with Crippen LogP contribution in [0.3, 0.4) is 0 Å². The van der Waals surface area contributed by atoms with Crippen molar-refractivity contribution in [2.24, 2.45) is 0 Å². The van der Waals surface area contributed by atoms with Gasteiger partial charge in [0.15, 0.2) is 18.3 Å².